The number of likely N-dealkylation sites (tertiary alicyclic amines) is 1. The van der Waals surface area contributed by atoms with Crippen molar-refractivity contribution in [2.75, 3.05) is 25.5 Å². The molecular weight excluding hydrogens is 409 g/mol. The Kier molecular flexibility index (Phi) is 5.32. The first-order valence-corrected chi connectivity index (χ1v) is 10.1. The van der Waals surface area contributed by atoms with Gasteiger partial charge in [0.05, 0.1) is 11.8 Å². The number of amides is 1. The second-order valence-corrected chi connectivity index (χ2v) is 7.74. The molecule has 1 atom stereocenters. The van der Waals surface area contributed by atoms with Gasteiger partial charge in [0.2, 0.25) is 11.7 Å². The Morgan fingerprint density at radius 3 is 2.72 bits per heavy atom. The maximum absolute atomic E-state index is 12.8. The SMILES string of the molecule is Cn1c(SCC(=O)N2CCCC2c2ccc3c(c2)OCCO3)nnc1C(F)(F)F. The maximum Gasteiger partial charge on any atom is 0.451 e. The van der Waals surface area contributed by atoms with Gasteiger partial charge in [-0.3, -0.25) is 4.79 Å². The first-order chi connectivity index (χ1) is 13.8. The van der Waals surface area contributed by atoms with Crippen LogP contribution < -0.4 is 9.47 Å². The molecule has 0 radical (unpaired) electrons. The zero-order chi connectivity index (χ0) is 20.6. The van der Waals surface area contributed by atoms with E-state index >= 15 is 0 Å². The summed E-state index contributed by atoms with van der Waals surface area (Å²) >= 11 is 0.952. The van der Waals surface area contributed by atoms with Crippen LogP contribution in [-0.2, 0) is 18.0 Å². The molecule has 1 fully saturated rings. The third-order valence-electron chi connectivity index (χ3n) is 4.94. The Morgan fingerprint density at radius 1 is 1.24 bits per heavy atom. The van der Waals surface area contributed by atoms with Gasteiger partial charge in [0.1, 0.15) is 13.2 Å². The van der Waals surface area contributed by atoms with Gasteiger partial charge >= 0.3 is 6.18 Å². The van der Waals surface area contributed by atoms with Crippen LogP contribution in [0.15, 0.2) is 23.4 Å². The summed E-state index contributed by atoms with van der Waals surface area (Å²) in [4.78, 5) is 14.5. The van der Waals surface area contributed by atoms with Crippen LogP contribution in [0.2, 0.25) is 0 Å². The quantitative estimate of drug-likeness (QED) is 0.698. The van der Waals surface area contributed by atoms with Gasteiger partial charge in [-0.05, 0) is 30.5 Å². The summed E-state index contributed by atoms with van der Waals surface area (Å²) in [6.45, 7) is 1.60. The van der Waals surface area contributed by atoms with Crippen molar-refractivity contribution in [2.45, 2.75) is 30.2 Å². The standard InChI is InChI=1S/C18H19F3N4O3S/c1-24-16(18(19,20)21)22-23-17(24)29-10-15(26)25-6-2-3-12(25)11-4-5-13-14(9-11)28-8-7-27-13/h4-5,9,12H,2-3,6-8,10H2,1H3. The third kappa shape index (κ3) is 4.00. The van der Waals surface area contributed by atoms with Gasteiger partial charge in [-0.15, -0.1) is 10.2 Å². The number of rotatable bonds is 4. The molecule has 0 saturated carbocycles. The van der Waals surface area contributed by atoms with Gasteiger partial charge in [-0.2, -0.15) is 13.2 Å². The van der Waals surface area contributed by atoms with E-state index in [1.807, 2.05) is 18.2 Å². The van der Waals surface area contributed by atoms with E-state index in [0.29, 0.717) is 31.3 Å². The van der Waals surface area contributed by atoms with Crippen molar-refractivity contribution < 1.29 is 27.4 Å². The Hall–Kier alpha value is -2.43. The van der Waals surface area contributed by atoms with Crippen molar-refractivity contribution in [3.05, 3.63) is 29.6 Å². The van der Waals surface area contributed by atoms with Gasteiger partial charge < -0.3 is 18.9 Å². The first-order valence-electron chi connectivity index (χ1n) is 9.13. The topological polar surface area (TPSA) is 69.5 Å². The monoisotopic (exact) mass is 428 g/mol. The number of ether oxygens (including phenoxy) is 2. The smallest absolute Gasteiger partial charge is 0.451 e. The first kappa shape index (κ1) is 19.9. The Bertz CT molecular complexity index is 918. The summed E-state index contributed by atoms with van der Waals surface area (Å²) in [6.07, 6.45) is -2.90. The number of hydrogen-bond acceptors (Lipinski definition) is 6. The minimum Gasteiger partial charge on any atom is -0.486 e. The molecule has 1 aromatic carbocycles. The molecule has 1 amide bonds. The lowest BCUT2D eigenvalue weighted by Gasteiger charge is -2.26. The largest absolute Gasteiger partial charge is 0.486 e. The lowest BCUT2D eigenvalue weighted by atomic mass is 10.0. The van der Waals surface area contributed by atoms with E-state index in [1.54, 1.807) is 4.90 Å². The number of hydrogen-bond donors (Lipinski definition) is 0. The van der Waals surface area contributed by atoms with E-state index in [1.165, 1.54) is 7.05 Å². The van der Waals surface area contributed by atoms with Crippen LogP contribution in [0.3, 0.4) is 0 Å². The summed E-state index contributed by atoms with van der Waals surface area (Å²) in [5, 5.41) is 6.80. The van der Waals surface area contributed by atoms with Crippen molar-refractivity contribution in [1.29, 1.82) is 0 Å². The molecular formula is C18H19F3N4O3S. The van der Waals surface area contributed by atoms with E-state index in [9.17, 15) is 18.0 Å². The number of benzene rings is 1. The molecule has 0 spiro atoms. The summed E-state index contributed by atoms with van der Waals surface area (Å²) in [6, 6.07) is 5.58. The molecule has 1 unspecified atom stereocenters. The van der Waals surface area contributed by atoms with Crippen LogP contribution >= 0.6 is 11.8 Å². The number of alkyl halides is 3. The van der Waals surface area contributed by atoms with Crippen molar-refractivity contribution in [3.8, 4) is 11.5 Å². The average Bonchev–Trinajstić information content (AvgIpc) is 3.32. The number of carbonyl (C=O) groups is 1. The third-order valence-corrected chi connectivity index (χ3v) is 5.94. The Balaban J connectivity index is 1.44. The molecule has 4 rings (SSSR count). The summed E-state index contributed by atoms with van der Waals surface area (Å²) < 4.78 is 50.5. The van der Waals surface area contributed by atoms with Crippen LogP contribution in [0, 0.1) is 0 Å². The van der Waals surface area contributed by atoms with Crippen molar-refractivity contribution in [1.82, 2.24) is 19.7 Å². The van der Waals surface area contributed by atoms with E-state index in [-0.39, 0.29) is 22.9 Å². The summed E-state index contributed by atoms with van der Waals surface area (Å²) in [5.41, 5.74) is 0.961. The van der Waals surface area contributed by atoms with E-state index < -0.39 is 12.0 Å². The highest BCUT2D eigenvalue weighted by Gasteiger charge is 2.38. The van der Waals surface area contributed by atoms with E-state index in [4.69, 9.17) is 9.47 Å². The highest BCUT2D eigenvalue weighted by molar-refractivity contribution is 7.99. The molecule has 29 heavy (non-hydrogen) atoms. The van der Waals surface area contributed by atoms with Crippen LogP contribution in [0.4, 0.5) is 13.2 Å². The lowest BCUT2D eigenvalue weighted by molar-refractivity contribution is -0.147. The Labute approximate surface area is 169 Å². The van der Waals surface area contributed by atoms with E-state index in [2.05, 4.69) is 10.2 Å². The van der Waals surface area contributed by atoms with Gasteiger partial charge in [0, 0.05) is 13.6 Å². The Morgan fingerprint density at radius 2 is 2.00 bits per heavy atom. The fourth-order valence-electron chi connectivity index (χ4n) is 3.58. The predicted molar refractivity (Wildman–Crippen MR) is 97.8 cm³/mol. The van der Waals surface area contributed by atoms with E-state index in [0.717, 1.165) is 34.7 Å². The van der Waals surface area contributed by atoms with Crippen LogP contribution in [0.1, 0.15) is 30.3 Å². The normalized spacial score (nSPS) is 18.9. The molecule has 2 aliphatic rings. The fraction of sp³-hybridized carbons (Fsp3) is 0.500. The van der Waals surface area contributed by atoms with Crippen molar-refractivity contribution in [2.24, 2.45) is 7.05 Å². The van der Waals surface area contributed by atoms with Crippen LogP contribution in [-0.4, -0.2) is 51.1 Å². The van der Waals surface area contributed by atoms with Gasteiger partial charge in [-0.1, -0.05) is 17.8 Å². The summed E-state index contributed by atoms with van der Waals surface area (Å²) in [5.74, 6) is 0.118. The maximum atomic E-state index is 12.8. The molecule has 2 aliphatic heterocycles. The van der Waals surface area contributed by atoms with Gasteiger partial charge in [-0.25, -0.2) is 0 Å². The number of halogens is 3. The molecule has 156 valence electrons. The fourth-order valence-corrected chi connectivity index (χ4v) is 4.37. The predicted octanol–water partition coefficient (Wildman–Crippen LogP) is 3.06. The lowest BCUT2D eigenvalue weighted by Crippen LogP contribution is -2.32. The number of carbonyl (C=O) groups excluding carboxylic acids is 1. The molecule has 7 nitrogen and oxygen atoms in total. The average molecular weight is 428 g/mol. The van der Waals surface area contributed by atoms with Gasteiger partial charge in [0.25, 0.3) is 0 Å². The summed E-state index contributed by atoms with van der Waals surface area (Å²) in [7, 11) is 1.24. The molecule has 0 bridgehead atoms. The van der Waals surface area contributed by atoms with Crippen LogP contribution in [0.25, 0.3) is 0 Å². The highest BCUT2D eigenvalue weighted by Crippen LogP contribution is 2.38. The zero-order valence-electron chi connectivity index (χ0n) is 15.6. The molecule has 0 N–H and O–H groups in total. The number of aromatic nitrogens is 3. The number of nitrogens with zero attached hydrogens (tertiary/aromatic N) is 4. The molecule has 2 aromatic rings. The minimum absolute atomic E-state index is 0.00905. The zero-order valence-corrected chi connectivity index (χ0v) is 16.4. The highest BCUT2D eigenvalue weighted by atomic mass is 32.2. The molecule has 0 aliphatic carbocycles. The second kappa shape index (κ2) is 7.77. The minimum atomic E-state index is -4.58. The van der Waals surface area contributed by atoms with Gasteiger partial charge in [0.15, 0.2) is 16.7 Å². The van der Waals surface area contributed by atoms with Crippen molar-refractivity contribution >= 4 is 17.7 Å². The van der Waals surface area contributed by atoms with Crippen LogP contribution in [0.5, 0.6) is 11.5 Å². The molecule has 1 aromatic heterocycles. The molecule has 1 saturated heterocycles. The molecule has 11 heteroatoms. The second-order valence-electron chi connectivity index (χ2n) is 6.80. The molecule has 3 heterocycles. The van der Waals surface area contributed by atoms with Crippen molar-refractivity contribution in [3.63, 3.8) is 0 Å². The number of fused-ring (bicyclic) bond motifs is 1. The number of thioether (sulfide) groups is 1.